The van der Waals surface area contributed by atoms with E-state index in [2.05, 4.69) is 30.3 Å². The first-order chi connectivity index (χ1) is 12.7. The van der Waals surface area contributed by atoms with Crippen LogP contribution in [0.3, 0.4) is 0 Å². The van der Waals surface area contributed by atoms with E-state index in [0.717, 1.165) is 32.7 Å². The first-order valence-electron chi connectivity index (χ1n) is 8.41. The summed E-state index contributed by atoms with van der Waals surface area (Å²) in [4.78, 5) is 0. The molecule has 0 saturated carbocycles. The van der Waals surface area contributed by atoms with Gasteiger partial charge in [0, 0.05) is 5.41 Å². The van der Waals surface area contributed by atoms with E-state index in [1.54, 1.807) is 17.5 Å². The van der Waals surface area contributed by atoms with Crippen LogP contribution in [0.5, 0.6) is 0 Å². The predicted octanol–water partition coefficient (Wildman–Crippen LogP) is 6.05. The number of hydrogen-bond donors (Lipinski definition) is 0. The van der Waals surface area contributed by atoms with Gasteiger partial charge in [-0.2, -0.15) is 0 Å². The molecule has 4 aromatic rings. The Balaban J connectivity index is 1.71. The Morgan fingerprint density at radius 3 is 2.00 bits per heavy atom. The summed E-state index contributed by atoms with van der Waals surface area (Å²) in [6.07, 6.45) is 1.95. The van der Waals surface area contributed by atoms with Crippen molar-refractivity contribution >= 4 is 38.4 Å². The molecule has 0 amide bonds. The van der Waals surface area contributed by atoms with Gasteiger partial charge in [0.1, 0.15) is 5.82 Å². The largest absolute Gasteiger partial charge is 0.255 e. The second-order valence-corrected chi connectivity index (χ2v) is 7.51. The van der Waals surface area contributed by atoms with E-state index in [0.29, 0.717) is 5.75 Å². The molecule has 0 radical (unpaired) electrons. The van der Waals surface area contributed by atoms with Crippen LogP contribution in [0.4, 0.5) is 4.39 Å². The minimum absolute atomic E-state index is 0.280. The highest BCUT2D eigenvalue weighted by molar-refractivity contribution is 7.87. The van der Waals surface area contributed by atoms with Gasteiger partial charge in [-0.15, -0.1) is 0 Å². The van der Waals surface area contributed by atoms with Gasteiger partial charge in [0.05, 0.1) is 16.6 Å². The van der Waals surface area contributed by atoms with Crippen LogP contribution in [-0.2, 0) is 16.6 Å². The van der Waals surface area contributed by atoms with Gasteiger partial charge >= 0.3 is 0 Å². The number of benzene rings is 4. The molecular weight excluding hydrogens is 343 g/mol. The van der Waals surface area contributed by atoms with E-state index >= 15 is 0 Å². The molecule has 4 aromatic carbocycles. The summed E-state index contributed by atoms with van der Waals surface area (Å²) in [7, 11) is -1.17. The maximum absolute atomic E-state index is 13.0. The van der Waals surface area contributed by atoms with Gasteiger partial charge in [0.25, 0.3) is 0 Å². The smallest absolute Gasteiger partial charge is 0.123 e. The maximum Gasteiger partial charge on any atom is 0.123 e. The molecule has 1 atom stereocenters. The Labute approximate surface area is 154 Å². The highest BCUT2D eigenvalue weighted by atomic mass is 32.2. The molecule has 0 heterocycles. The van der Waals surface area contributed by atoms with Crippen molar-refractivity contribution in [3.05, 3.63) is 101 Å². The fourth-order valence-corrected chi connectivity index (χ4v) is 4.07. The summed E-state index contributed by atoms with van der Waals surface area (Å²) in [6.45, 7) is 0. The normalized spacial score (nSPS) is 12.8. The number of rotatable bonds is 4. The van der Waals surface area contributed by atoms with Crippen LogP contribution in [-0.4, -0.2) is 4.21 Å². The van der Waals surface area contributed by atoms with Crippen molar-refractivity contribution in [2.45, 2.75) is 5.75 Å². The van der Waals surface area contributed by atoms with E-state index in [4.69, 9.17) is 0 Å². The van der Waals surface area contributed by atoms with Gasteiger partial charge in [-0.1, -0.05) is 60.7 Å². The molecule has 0 N–H and O–H groups in total. The van der Waals surface area contributed by atoms with Crippen LogP contribution in [0.15, 0.2) is 84.3 Å². The molecule has 0 aromatic heterocycles. The molecule has 0 spiro atoms. The fraction of sp³-hybridized carbons (Fsp3) is 0.0435. The summed E-state index contributed by atoms with van der Waals surface area (Å²) in [6, 6.07) is 24.8. The Hall–Kier alpha value is -2.78. The predicted molar refractivity (Wildman–Crippen MR) is 109 cm³/mol. The van der Waals surface area contributed by atoms with Gasteiger partial charge < -0.3 is 0 Å². The molecule has 1 unspecified atom stereocenters. The van der Waals surface area contributed by atoms with E-state index in [1.807, 2.05) is 30.3 Å². The first kappa shape index (κ1) is 16.7. The van der Waals surface area contributed by atoms with Crippen molar-refractivity contribution in [2.75, 3.05) is 0 Å². The lowest BCUT2D eigenvalue weighted by Crippen LogP contribution is -1.92. The summed E-state index contributed by atoms with van der Waals surface area (Å²) >= 11 is 0. The van der Waals surface area contributed by atoms with E-state index in [-0.39, 0.29) is 5.82 Å². The van der Waals surface area contributed by atoms with Crippen molar-refractivity contribution in [3.63, 3.8) is 0 Å². The van der Waals surface area contributed by atoms with Gasteiger partial charge in [0.15, 0.2) is 0 Å². The minimum Gasteiger partial charge on any atom is -0.255 e. The van der Waals surface area contributed by atoms with E-state index in [9.17, 15) is 8.60 Å². The van der Waals surface area contributed by atoms with Crippen molar-refractivity contribution in [1.29, 1.82) is 0 Å². The molecule has 0 aliphatic carbocycles. The van der Waals surface area contributed by atoms with Crippen molar-refractivity contribution in [2.24, 2.45) is 0 Å². The lowest BCUT2D eigenvalue weighted by molar-refractivity contribution is 0.627. The Morgan fingerprint density at radius 2 is 1.38 bits per heavy atom. The van der Waals surface area contributed by atoms with Crippen LogP contribution in [0, 0.1) is 5.82 Å². The molecular formula is C23H17FOS. The molecule has 1 nitrogen and oxygen atoms in total. The van der Waals surface area contributed by atoms with Crippen LogP contribution < -0.4 is 0 Å². The zero-order chi connectivity index (χ0) is 17.9. The lowest BCUT2D eigenvalue weighted by atomic mass is 9.97. The molecule has 0 saturated heterocycles. The van der Waals surface area contributed by atoms with E-state index < -0.39 is 10.8 Å². The zero-order valence-electron chi connectivity index (χ0n) is 14.1. The van der Waals surface area contributed by atoms with Crippen LogP contribution in [0.1, 0.15) is 11.1 Å². The van der Waals surface area contributed by atoms with Gasteiger partial charge in [-0.05, 0) is 56.9 Å². The second-order valence-electron chi connectivity index (χ2n) is 6.19. The average molecular weight is 360 g/mol. The van der Waals surface area contributed by atoms with Crippen LogP contribution in [0.2, 0.25) is 0 Å². The summed E-state index contributed by atoms with van der Waals surface area (Å²) in [5.74, 6) is 0.0942. The van der Waals surface area contributed by atoms with Crippen LogP contribution >= 0.6 is 0 Å². The third kappa shape index (κ3) is 3.44. The third-order valence-corrected chi connectivity index (χ3v) is 5.48. The SMILES string of the molecule is O=S(C=Cc1c2ccccc2cc2ccccc12)Cc1ccc(F)cc1. The highest BCUT2D eigenvalue weighted by Crippen LogP contribution is 2.29. The molecule has 3 heteroatoms. The fourth-order valence-electron chi connectivity index (χ4n) is 3.17. The third-order valence-electron chi connectivity index (χ3n) is 4.42. The molecule has 26 heavy (non-hydrogen) atoms. The number of halogens is 1. The Bertz CT molecular complexity index is 1080. The van der Waals surface area contributed by atoms with Gasteiger partial charge in [-0.25, -0.2) is 4.39 Å². The van der Waals surface area contributed by atoms with Gasteiger partial charge in [-0.3, -0.25) is 4.21 Å². The molecule has 0 aliphatic rings. The molecule has 128 valence electrons. The zero-order valence-corrected chi connectivity index (χ0v) is 14.9. The second kappa shape index (κ2) is 7.22. The topological polar surface area (TPSA) is 17.1 Å². The lowest BCUT2D eigenvalue weighted by Gasteiger charge is -2.08. The Morgan fingerprint density at radius 1 is 0.808 bits per heavy atom. The highest BCUT2D eigenvalue weighted by Gasteiger charge is 2.05. The van der Waals surface area contributed by atoms with Crippen molar-refractivity contribution in [3.8, 4) is 0 Å². The minimum atomic E-state index is -1.17. The molecule has 0 bridgehead atoms. The summed E-state index contributed by atoms with van der Waals surface area (Å²) in [5.41, 5.74) is 1.93. The number of fused-ring (bicyclic) bond motifs is 2. The van der Waals surface area contributed by atoms with Crippen molar-refractivity contribution < 1.29 is 8.60 Å². The molecule has 4 rings (SSSR count). The average Bonchev–Trinajstić information content (AvgIpc) is 2.67. The quantitative estimate of drug-likeness (QED) is 0.405. The van der Waals surface area contributed by atoms with Crippen LogP contribution in [0.25, 0.3) is 27.6 Å². The monoisotopic (exact) mass is 360 g/mol. The number of hydrogen-bond acceptors (Lipinski definition) is 1. The summed E-state index contributed by atoms with van der Waals surface area (Å²) < 4.78 is 25.5. The maximum atomic E-state index is 13.0. The molecule has 0 fully saturated rings. The van der Waals surface area contributed by atoms with Gasteiger partial charge in [0.2, 0.25) is 0 Å². The first-order valence-corrected chi connectivity index (χ1v) is 9.79. The molecule has 0 aliphatic heterocycles. The standard InChI is InChI=1S/C23H17FOS/c24-20-11-9-17(10-12-20)16-26(25)14-13-23-21-7-3-1-5-18(21)15-19-6-2-4-8-22(19)23/h1-15H,16H2. The van der Waals surface area contributed by atoms with Crippen molar-refractivity contribution in [1.82, 2.24) is 0 Å². The van der Waals surface area contributed by atoms with E-state index in [1.165, 1.54) is 12.1 Å². The summed E-state index contributed by atoms with van der Waals surface area (Å²) in [5, 5.41) is 6.34. The Kier molecular flexibility index (Phi) is 4.63.